The quantitative estimate of drug-likeness (QED) is 0.0247. The Kier molecular flexibility index (Phi) is 48.8. The minimum atomic E-state index is -4.51. The summed E-state index contributed by atoms with van der Waals surface area (Å²) in [6.45, 7) is 9.09. The molecule has 4 aromatic rings. The van der Waals surface area contributed by atoms with Gasteiger partial charge in [0.15, 0.2) is 0 Å². The molecule has 0 heterocycles. The first-order chi connectivity index (χ1) is 41.0. The standard InChI is InChI=1S/2C38H64O3S.Ca/c2*1-3-5-7-9-11-13-15-17-19-21-23-25-28-34-30-27-31-36-37(42(39,40)41)33-32-35(38(34)36)29-26-24-22-20-18-16-14-12-10-8-6-4-2;/h2*27,30-33H,3-26,28-29H2,1-2H3,(H,39,40,41);/q;;+2/p-2. The number of fused-ring (bicyclic) bond motifs is 2. The first-order valence-corrected chi connectivity index (χ1v) is 38.8. The van der Waals surface area contributed by atoms with Gasteiger partial charge in [-0.1, -0.05) is 359 Å². The molecule has 0 amide bonds. The van der Waals surface area contributed by atoms with Crippen LogP contribution in [0.5, 0.6) is 0 Å². The van der Waals surface area contributed by atoms with Crippen LogP contribution >= 0.6 is 0 Å². The maximum absolute atomic E-state index is 12.1. The first-order valence-electron chi connectivity index (χ1n) is 36.0. The van der Waals surface area contributed by atoms with E-state index < -0.39 is 20.2 Å². The number of benzene rings is 4. The van der Waals surface area contributed by atoms with Crippen molar-refractivity contribution in [2.24, 2.45) is 0 Å². The number of unbranched alkanes of at least 4 members (excludes halogenated alkanes) is 44. The Hall–Kier alpha value is -1.52. The molecule has 0 fully saturated rings. The Morgan fingerprint density at radius 2 is 0.424 bits per heavy atom. The van der Waals surface area contributed by atoms with Crippen molar-refractivity contribution in [3.63, 3.8) is 0 Å². The van der Waals surface area contributed by atoms with Gasteiger partial charge in [-0.05, 0) is 107 Å². The second-order valence-electron chi connectivity index (χ2n) is 25.6. The fourth-order valence-corrected chi connectivity index (χ4v) is 14.3. The topological polar surface area (TPSA) is 114 Å². The molecule has 0 atom stereocenters. The average Bonchev–Trinajstić information content (AvgIpc) is 1.39. The van der Waals surface area contributed by atoms with E-state index in [1.165, 1.54) is 305 Å². The van der Waals surface area contributed by atoms with E-state index in [0.29, 0.717) is 10.8 Å². The molecule has 480 valence electrons. The maximum atomic E-state index is 12.1. The fourth-order valence-electron chi connectivity index (χ4n) is 13.0. The smallest absolute Gasteiger partial charge is 0.744 e. The minimum Gasteiger partial charge on any atom is -0.744 e. The van der Waals surface area contributed by atoms with Gasteiger partial charge in [-0.25, -0.2) is 16.8 Å². The predicted octanol–water partition coefficient (Wildman–Crippen LogP) is 24.1. The molecule has 0 aliphatic rings. The molecule has 0 bridgehead atoms. The second kappa shape index (κ2) is 52.1. The van der Waals surface area contributed by atoms with Crippen molar-refractivity contribution in [1.29, 1.82) is 0 Å². The Balaban J connectivity index is 0.000000573. The summed E-state index contributed by atoms with van der Waals surface area (Å²) >= 11 is 0. The Morgan fingerprint density at radius 3 is 0.612 bits per heavy atom. The summed E-state index contributed by atoms with van der Waals surface area (Å²) < 4.78 is 72.4. The summed E-state index contributed by atoms with van der Waals surface area (Å²) in [5.41, 5.74) is 4.83. The summed E-state index contributed by atoms with van der Waals surface area (Å²) in [5.74, 6) is 0. The van der Waals surface area contributed by atoms with E-state index in [2.05, 4.69) is 39.8 Å². The Bertz CT molecular complexity index is 2230. The largest absolute Gasteiger partial charge is 2.00 e. The van der Waals surface area contributed by atoms with E-state index in [0.717, 1.165) is 62.1 Å². The van der Waals surface area contributed by atoms with Crippen LogP contribution in [0.1, 0.15) is 358 Å². The van der Waals surface area contributed by atoms with Gasteiger partial charge in [-0.2, -0.15) is 0 Å². The molecule has 0 saturated carbocycles. The van der Waals surface area contributed by atoms with Crippen LogP contribution in [-0.2, 0) is 45.9 Å². The molecule has 85 heavy (non-hydrogen) atoms. The molecular formula is C76H126CaO6S2. The van der Waals surface area contributed by atoms with Crippen molar-refractivity contribution in [3.8, 4) is 0 Å². The Morgan fingerprint density at radius 1 is 0.247 bits per heavy atom. The summed E-state index contributed by atoms with van der Waals surface area (Å²) in [6, 6.07) is 18.7. The monoisotopic (exact) mass is 1240 g/mol. The van der Waals surface area contributed by atoms with E-state index in [9.17, 15) is 25.9 Å². The van der Waals surface area contributed by atoms with Crippen molar-refractivity contribution in [2.45, 2.75) is 371 Å². The third-order valence-electron chi connectivity index (χ3n) is 18.1. The van der Waals surface area contributed by atoms with Crippen LogP contribution in [0.2, 0.25) is 0 Å². The first kappa shape index (κ1) is 79.6. The molecule has 9 heteroatoms. The molecule has 0 N–H and O–H groups in total. The van der Waals surface area contributed by atoms with E-state index in [4.69, 9.17) is 0 Å². The molecule has 0 aromatic heterocycles. The molecule has 0 aliphatic carbocycles. The van der Waals surface area contributed by atoms with Gasteiger partial charge in [0.05, 0.1) is 9.79 Å². The molecular weight excluding hydrogens is 1110 g/mol. The number of hydrogen-bond donors (Lipinski definition) is 0. The van der Waals surface area contributed by atoms with Gasteiger partial charge >= 0.3 is 37.7 Å². The minimum absolute atomic E-state index is 0. The zero-order valence-corrected chi connectivity index (χ0v) is 59.4. The normalized spacial score (nSPS) is 11.8. The van der Waals surface area contributed by atoms with E-state index in [1.807, 2.05) is 36.4 Å². The van der Waals surface area contributed by atoms with Gasteiger partial charge in [0.2, 0.25) is 0 Å². The predicted molar refractivity (Wildman–Crippen MR) is 369 cm³/mol. The van der Waals surface area contributed by atoms with Crippen molar-refractivity contribution < 1.29 is 25.9 Å². The number of hydrogen-bond acceptors (Lipinski definition) is 6. The van der Waals surface area contributed by atoms with Crippen LogP contribution in [0.3, 0.4) is 0 Å². The SMILES string of the molecule is CCCCCCCCCCCCCCc1cccc2c(S(=O)(=O)[O-])ccc(CCCCCCCCCCCCCC)c12.CCCCCCCCCCCCCCc1cccc2c(S(=O)(=O)[O-])ccc(CCCCCCCCCCCCCC)c12.[Ca+2]. The van der Waals surface area contributed by atoms with Crippen molar-refractivity contribution >= 4 is 79.5 Å². The van der Waals surface area contributed by atoms with Gasteiger partial charge in [-0.15, -0.1) is 0 Å². The molecule has 4 rings (SSSR count). The van der Waals surface area contributed by atoms with Crippen LogP contribution < -0.4 is 0 Å². The molecule has 0 saturated heterocycles. The second-order valence-corrected chi connectivity index (χ2v) is 28.3. The molecule has 0 radical (unpaired) electrons. The van der Waals surface area contributed by atoms with Gasteiger partial charge in [-0.3, -0.25) is 0 Å². The van der Waals surface area contributed by atoms with Crippen LogP contribution in [0.25, 0.3) is 21.5 Å². The van der Waals surface area contributed by atoms with Gasteiger partial charge in [0.25, 0.3) is 0 Å². The van der Waals surface area contributed by atoms with Crippen LogP contribution in [-0.4, -0.2) is 63.7 Å². The van der Waals surface area contributed by atoms with Crippen LogP contribution in [0.4, 0.5) is 0 Å². The zero-order chi connectivity index (χ0) is 60.6. The molecule has 0 unspecified atom stereocenters. The molecule has 4 aromatic carbocycles. The van der Waals surface area contributed by atoms with Crippen LogP contribution in [0, 0.1) is 0 Å². The van der Waals surface area contributed by atoms with Crippen molar-refractivity contribution in [1.82, 2.24) is 0 Å². The van der Waals surface area contributed by atoms with Gasteiger partial charge < -0.3 is 9.11 Å². The fraction of sp³-hybridized carbons (Fsp3) is 0.737. The van der Waals surface area contributed by atoms with Gasteiger partial charge in [0.1, 0.15) is 20.2 Å². The van der Waals surface area contributed by atoms with Gasteiger partial charge in [0, 0.05) is 0 Å². The molecule has 0 spiro atoms. The summed E-state index contributed by atoms with van der Waals surface area (Å²) in [5, 5.41) is 3.30. The Labute approximate surface area is 555 Å². The number of rotatable bonds is 54. The summed E-state index contributed by atoms with van der Waals surface area (Å²) in [4.78, 5) is -0.125. The third kappa shape index (κ3) is 36.8. The average molecular weight is 1240 g/mol. The van der Waals surface area contributed by atoms with Crippen molar-refractivity contribution in [2.75, 3.05) is 0 Å². The van der Waals surface area contributed by atoms with Crippen LogP contribution in [0.15, 0.2) is 70.5 Å². The van der Waals surface area contributed by atoms with Crippen molar-refractivity contribution in [3.05, 3.63) is 82.9 Å². The van der Waals surface area contributed by atoms with E-state index >= 15 is 0 Å². The zero-order valence-electron chi connectivity index (χ0n) is 55.5. The van der Waals surface area contributed by atoms with E-state index in [1.54, 1.807) is 12.1 Å². The third-order valence-corrected chi connectivity index (χ3v) is 19.9. The molecule has 0 aliphatic heterocycles. The maximum Gasteiger partial charge on any atom is 2.00 e. The number of aryl methyl sites for hydroxylation is 4. The molecule has 6 nitrogen and oxygen atoms in total. The summed E-state index contributed by atoms with van der Waals surface area (Å²) in [6.07, 6.45) is 67.3. The van der Waals surface area contributed by atoms with E-state index in [-0.39, 0.29) is 47.5 Å². The summed E-state index contributed by atoms with van der Waals surface area (Å²) in [7, 11) is -9.01.